The molecule has 138 valence electrons. The summed E-state index contributed by atoms with van der Waals surface area (Å²) in [6.07, 6.45) is -0.505. The molecule has 0 spiro atoms. The van der Waals surface area contributed by atoms with Crippen LogP contribution in [0.3, 0.4) is 0 Å². The van der Waals surface area contributed by atoms with Crippen molar-refractivity contribution in [1.82, 2.24) is 0 Å². The van der Waals surface area contributed by atoms with Crippen molar-refractivity contribution in [1.29, 1.82) is 0 Å². The number of rotatable bonds is 5. The average molecular weight is 398 g/mol. The van der Waals surface area contributed by atoms with Gasteiger partial charge in [0.2, 0.25) is 0 Å². The number of carbonyl (C=O) groups is 1. The highest BCUT2D eigenvalue weighted by Gasteiger charge is 2.22. The van der Waals surface area contributed by atoms with E-state index in [9.17, 15) is 13.6 Å². The Morgan fingerprint density at radius 2 is 1.92 bits per heavy atom. The van der Waals surface area contributed by atoms with E-state index in [0.717, 1.165) is 5.56 Å². The summed E-state index contributed by atoms with van der Waals surface area (Å²) in [5, 5.41) is 0.114. The summed E-state index contributed by atoms with van der Waals surface area (Å²) in [6, 6.07) is 11.3. The number of benzene rings is 2. The number of carbonyl (C=O) groups excluding carboxylic acids is 1. The fourth-order valence-corrected chi connectivity index (χ4v) is 3.42. The van der Waals surface area contributed by atoms with Crippen LogP contribution >= 0.6 is 11.6 Å². The van der Waals surface area contributed by atoms with Gasteiger partial charge in [0.1, 0.15) is 0 Å². The first-order valence-electron chi connectivity index (χ1n) is 7.63. The molecule has 1 atom stereocenters. The molecule has 0 saturated carbocycles. The summed E-state index contributed by atoms with van der Waals surface area (Å²) in [6.45, 7) is 0.990. The topological polar surface area (TPSA) is 85.3 Å². The highest BCUT2D eigenvalue weighted by atomic mass is 35.5. The lowest BCUT2D eigenvalue weighted by Crippen LogP contribution is -2.20. The maximum atomic E-state index is 12.0. The molecule has 9 heteroatoms. The molecule has 2 aromatic rings. The SMILES string of the molecule is COC(=O)c1ccc(N(c2cccc(C3OCCO3)c2)S(=O)O)cc1Cl. The fraction of sp³-hybridized carbons (Fsp3) is 0.235. The molecule has 26 heavy (non-hydrogen) atoms. The molecule has 1 aliphatic rings. The maximum absolute atomic E-state index is 12.0. The molecule has 1 saturated heterocycles. The number of nitrogens with zero attached hydrogens (tertiary/aromatic N) is 1. The number of hydrogen-bond acceptors (Lipinski definition) is 5. The normalized spacial score (nSPS) is 15.7. The summed E-state index contributed by atoms with van der Waals surface area (Å²) < 4.78 is 38.5. The van der Waals surface area contributed by atoms with E-state index in [2.05, 4.69) is 4.74 Å². The Morgan fingerprint density at radius 1 is 1.23 bits per heavy atom. The first-order valence-corrected chi connectivity index (χ1v) is 9.07. The molecular formula is C17H16ClNO6S. The summed E-state index contributed by atoms with van der Waals surface area (Å²) in [5.41, 5.74) is 1.69. The van der Waals surface area contributed by atoms with Crippen molar-refractivity contribution in [2.75, 3.05) is 24.6 Å². The lowest BCUT2D eigenvalue weighted by molar-refractivity contribution is -0.0440. The van der Waals surface area contributed by atoms with Crippen LogP contribution in [-0.4, -0.2) is 35.1 Å². The van der Waals surface area contributed by atoms with Crippen LogP contribution in [0.1, 0.15) is 22.2 Å². The quantitative estimate of drug-likeness (QED) is 0.614. The van der Waals surface area contributed by atoms with E-state index in [1.54, 1.807) is 18.2 Å². The fourth-order valence-electron chi connectivity index (χ4n) is 2.58. The van der Waals surface area contributed by atoms with E-state index in [1.807, 2.05) is 6.07 Å². The molecule has 1 fully saturated rings. The predicted molar refractivity (Wildman–Crippen MR) is 96.8 cm³/mol. The molecule has 3 rings (SSSR count). The Hall–Kier alpha value is -1.97. The van der Waals surface area contributed by atoms with Gasteiger partial charge in [0, 0.05) is 5.56 Å². The molecule has 0 amide bonds. The van der Waals surface area contributed by atoms with Gasteiger partial charge in [-0.15, -0.1) is 0 Å². The highest BCUT2D eigenvalue weighted by molar-refractivity contribution is 7.81. The van der Waals surface area contributed by atoms with Gasteiger partial charge < -0.3 is 14.2 Å². The standard InChI is InChI=1S/C17H16ClNO6S/c1-23-16(20)14-6-5-13(10-15(14)18)19(26(21)22)12-4-2-3-11(9-12)17-24-7-8-25-17/h2-6,9-10,17H,7-8H2,1H3,(H,21,22). The number of esters is 1. The molecule has 2 aromatic carbocycles. The molecule has 0 radical (unpaired) electrons. The molecule has 1 unspecified atom stereocenters. The largest absolute Gasteiger partial charge is 0.465 e. The van der Waals surface area contributed by atoms with Gasteiger partial charge in [-0.1, -0.05) is 23.7 Å². The Labute approximate surface area is 157 Å². The van der Waals surface area contributed by atoms with Gasteiger partial charge in [-0.05, 0) is 30.3 Å². The molecule has 1 N–H and O–H groups in total. The van der Waals surface area contributed by atoms with Crippen molar-refractivity contribution in [2.24, 2.45) is 0 Å². The Balaban J connectivity index is 1.97. The van der Waals surface area contributed by atoms with Gasteiger partial charge in [-0.2, -0.15) is 0 Å². The summed E-state index contributed by atoms with van der Waals surface area (Å²) in [5.74, 6) is -0.587. The third-order valence-electron chi connectivity index (χ3n) is 3.75. The van der Waals surface area contributed by atoms with Crippen LogP contribution in [0, 0.1) is 0 Å². The first-order chi connectivity index (χ1) is 12.5. The molecule has 1 heterocycles. The van der Waals surface area contributed by atoms with Crippen LogP contribution in [0.5, 0.6) is 0 Å². The molecular weight excluding hydrogens is 382 g/mol. The van der Waals surface area contributed by atoms with Gasteiger partial charge in [-0.25, -0.2) is 13.3 Å². The second-order valence-corrected chi connectivity index (χ2v) is 6.58. The number of ether oxygens (including phenoxy) is 3. The lowest BCUT2D eigenvalue weighted by Gasteiger charge is -2.22. The third-order valence-corrected chi connectivity index (χ3v) is 4.79. The molecule has 1 aliphatic heterocycles. The van der Waals surface area contributed by atoms with Crippen molar-refractivity contribution < 1.29 is 27.8 Å². The van der Waals surface area contributed by atoms with Crippen LogP contribution in [0.25, 0.3) is 0 Å². The number of anilines is 2. The predicted octanol–water partition coefficient (Wildman–Crippen LogP) is 3.45. The van der Waals surface area contributed by atoms with E-state index in [0.29, 0.717) is 24.6 Å². The smallest absolute Gasteiger partial charge is 0.339 e. The van der Waals surface area contributed by atoms with Crippen LogP contribution in [-0.2, 0) is 25.5 Å². The van der Waals surface area contributed by atoms with Gasteiger partial charge in [0.05, 0.1) is 42.3 Å². The van der Waals surface area contributed by atoms with E-state index in [4.69, 9.17) is 21.1 Å². The zero-order valence-corrected chi connectivity index (χ0v) is 15.3. The molecule has 7 nitrogen and oxygen atoms in total. The number of halogens is 1. The minimum Gasteiger partial charge on any atom is -0.465 e. The Morgan fingerprint density at radius 3 is 2.54 bits per heavy atom. The molecule has 0 aromatic heterocycles. The van der Waals surface area contributed by atoms with Crippen molar-refractivity contribution in [3.63, 3.8) is 0 Å². The van der Waals surface area contributed by atoms with E-state index >= 15 is 0 Å². The summed E-state index contributed by atoms with van der Waals surface area (Å²) in [4.78, 5) is 11.7. The number of hydrogen-bond donors (Lipinski definition) is 1. The van der Waals surface area contributed by atoms with Crippen LogP contribution in [0.2, 0.25) is 5.02 Å². The van der Waals surface area contributed by atoms with E-state index in [-0.39, 0.29) is 10.6 Å². The van der Waals surface area contributed by atoms with E-state index in [1.165, 1.54) is 29.6 Å². The molecule has 0 bridgehead atoms. The first kappa shape index (κ1) is 18.8. The second-order valence-electron chi connectivity index (χ2n) is 5.35. The van der Waals surface area contributed by atoms with Gasteiger partial charge >= 0.3 is 5.97 Å². The van der Waals surface area contributed by atoms with Gasteiger partial charge in [0.15, 0.2) is 6.29 Å². The second kappa shape index (κ2) is 8.15. The highest BCUT2D eigenvalue weighted by Crippen LogP contribution is 2.33. The zero-order chi connectivity index (χ0) is 18.7. The summed E-state index contributed by atoms with van der Waals surface area (Å²) >= 11 is 3.76. The van der Waals surface area contributed by atoms with Crippen LogP contribution in [0.4, 0.5) is 11.4 Å². The van der Waals surface area contributed by atoms with Crippen molar-refractivity contribution >= 4 is 40.2 Å². The number of methoxy groups -OCH3 is 1. The zero-order valence-electron chi connectivity index (χ0n) is 13.8. The average Bonchev–Trinajstić information content (AvgIpc) is 3.16. The Bertz CT molecular complexity index is 840. The van der Waals surface area contributed by atoms with Crippen molar-refractivity contribution in [3.05, 3.63) is 58.6 Å². The Kier molecular flexibility index (Phi) is 5.90. The van der Waals surface area contributed by atoms with Gasteiger partial charge in [0.25, 0.3) is 11.3 Å². The monoisotopic (exact) mass is 397 g/mol. The minimum atomic E-state index is -2.37. The van der Waals surface area contributed by atoms with Crippen LogP contribution in [0.15, 0.2) is 42.5 Å². The molecule has 0 aliphatic carbocycles. The van der Waals surface area contributed by atoms with Gasteiger partial charge in [-0.3, -0.25) is 4.55 Å². The minimum absolute atomic E-state index is 0.114. The van der Waals surface area contributed by atoms with E-state index < -0.39 is 23.5 Å². The maximum Gasteiger partial charge on any atom is 0.339 e. The lowest BCUT2D eigenvalue weighted by atomic mass is 10.1. The summed E-state index contributed by atoms with van der Waals surface area (Å²) in [7, 11) is 1.25. The van der Waals surface area contributed by atoms with Crippen LogP contribution < -0.4 is 4.31 Å². The third kappa shape index (κ3) is 3.89. The van der Waals surface area contributed by atoms with Crippen molar-refractivity contribution in [3.8, 4) is 0 Å². The van der Waals surface area contributed by atoms with Crippen molar-refractivity contribution in [2.45, 2.75) is 6.29 Å².